The number of benzene rings is 1. The van der Waals surface area contributed by atoms with Crippen molar-refractivity contribution in [1.29, 1.82) is 0 Å². The van der Waals surface area contributed by atoms with Crippen LogP contribution in [0.3, 0.4) is 0 Å². The van der Waals surface area contributed by atoms with Crippen molar-refractivity contribution in [3.8, 4) is 11.1 Å². The number of ketones is 1. The smallest absolute Gasteiger partial charge is 0.159 e. The molecule has 2 nitrogen and oxygen atoms in total. The van der Waals surface area contributed by atoms with Crippen LogP contribution in [0.4, 0.5) is 0 Å². The van der Waals surface area contributed by atoms with Gasteiger partial charge in [-0.2, -0.15) is 0 Å². The zero-order valence-corrected chi connectivity index (χ0v) is 10.2. The molecule has 0 amide bonds. The summed E-state index contributed by atoms with van der Waals surface area (Å²) >= 11 is 5.77. The van der Waals surface area contributed by atoms with Crippen LogP contribution in [0.2, 0.25) is 0 Å². The van der Waals surface area contributed by atoms with E-state index >= 15 is 0 Å². The van der Waals surface area contributed by atoms with E-state index in [2.05, 4.69) is 4.98 Å². The molecule has 3 heteroatoms. The lowest BCUT2D eigenvalue weighted by Gasteiger charge is -2.03. The van der Waals surface area contributed by atoms with Crippen LogP contribution in [-0.2, 0) is 5.88 Å². The second-order valence-corrected chi connectivity index (χ2v) is 4.12. The van der Waals surface area contributed by atoms with Gasteiger partial charge in [-0.3, -0.25) is 9.78 Å². The molecule has 2 rings (SSSR count). The second kappa shape index (κ2) is 5.11. The van der Waals surface area contributed by atoms with E-state index in [1.165, 1.54) is 0 Å². The van der Waals surface area contributed by atoms with Crippen molar-refractivity contribution in [3.63, 3.8) is 0 Å². The van der Waals surface area contributed by atoms with Crippen LogP contribution < -0.4 is 0 Å². The molecule has 0 fully saturated rings. The summed E-state index contributed by atoms with van der Waals surface area (Å²) in [7, 11) is 0. The summed E-state index contributed by atoms with van der Waals surface area (Å²) in [6.45, 7) is 1.56. The summed E-state index contributed by atoms with van der Waals surface area (Å²) in [6, 6.07) is 9.50. The van der Waals surface area contributed by atoms with Crippen LogP contribution in [0, 0.1) is 0 Å². The number of carbonyl (C=O) groups excluding carboxylic acids is 1. The van der Waals surface area contributed by atoms with Gasteiger partial charge in [0.15, 0.2) is 5.78 Å². The molecule has 1 aromatic heterocycles. The number of Topliss-reactive ketones (excluding diaryl/α,β-unsaturated/α-hetero) is 1. The largest absolute Gasteiger partial charge is 0.295 e. The van der Waals surface area contributed by atoms with Crippen molar-refractivity contribution in [2.45, 2.75) is 12.8 Å². The fraction of sp³-hybridized carbons (Fsp3) is 0.143. The number of pyridine rings is 1. The molecule has 0 spiro atoms. The molecular weight excluding hydrogens is 234 g/mol. The van der Waals surface area contributed by atoms with Crippen molar-refractivity contribution < 1.29 is 4.79 Å². The Balaban J connectivity index is 2.36. The minimum absolute atomic E-state index is 0.0733. The Kier molecular flexibility index (Phi) is 3.55. The molecule has 0 saturated carbocycles. The molecule has 0 radical (unpaired) electrons. The van der Waals surface area contributed by atoms with Gasteiger partial charge < -0.3 is 0 Å². The first-order valence-electron chi connectivity index (χ1n) is 5.32. The summed E-state index contributed by atoms with van der Waals surface area (Å²) in [4.78, 5) is 15.3. The predicted octanol–water partition coefficient (Wildman–Crippen LogP) is 3.69. The predicted molar refractivity (Wildman–Crippen MR) is 69.2 cm³/mol. The fourth-order valence-electron chi connectivity index (χ4n) is 1.62. The lowest BCUT2D eigenvalue weighted by Crippen LogP contribution is -1.91. The standard InChI is InChI=1S/C14H12ClNO/c1-10(17)12-2-4-13(5-3-12)14-6-11(7-15)8-16-9-14/h2-6,8-9H,7H2,1H3. The monoisotopic (exact) mass is 245 g/mol. The second-order valence-electron chi connectivity index (χ2n) is 3.85. The lowest BCUT2D eigenvalue weighted by molar-refractivity contribution is 0.101. The first kappa shape index (κ1) is 11.8. The van der Waals surface area contributed by atoms with Gasteiger partial charge in [-0.25, -0.2) is 0 Å². The first-order valence-corrected chi connectivity index (χ1v) is 5.85. The molecule has 0 aliphatic carbocycles. The minimum Gasteiger partial charge on any atom is -0.295 e. The van der Waals surface area contributed by atoms with Crippen LogP contribution in [0.25, 0.3) is 11.1 Å². The van der Waals surface area contributed by atoms with Crippen LogP contribution in [0.1, 0.15) is 22.8 Å². The van der Waals surface area contributed by atoms with Gasteiger partial charge in [-0.15, -0.1) is 11.6 Å². The van der Waals surface area contributed by atoms with Crippen molar-refractivity contribution in [2.24, 2.45) is 0 Å². The first-order chi connectivity index (χ1) is 8.20. The lowest BCUT2D eigenvalue weighted by atomic mass is 10.0. The van der Waals surface area contributed by atoms with E-state index in [0.717, 1.165) is 22.3 Å². The third kappa shape index (κ3) is 2.71. The molecule has 0 aliphatic heterocycles. The Hall–Kier alpha value is -1.67. The summed E-state index contributed by atoms with van der Waals surface area (Å²) < 4.78 is 0. The summed E-state index contributed by atoms with van der Waals surface area (Å²) in [6.07, 6.45) is 3.54. The highest BCUT2D eigenvalue weighted by molar-refractivity contribution is 6.17. The number of alkyl halides is 1. The molecule has 17 heavy (non-hydrogen) atoms. The Morgan fingerprint density at radius 1 is 1.18 bits per heavy atom. The van der Waals surface area contributed by atoms with Crippen LogP contribution in [-0.4, -0.2) is 10.8 Å². The molecule has 0 bridgehead atoms. The van der Waals surface area contributed by atoms with Crippen molar-refractivity contribution >= 4 is 17.4 Å². The third-order valence-electron chi connectivity index (χ3n) is 2.57. The van der Waals surface area contributed by atoms with Crippen molar-refractivity contribution in [2.75, 3.05) is 0 Å². The minimum atomic E-state index is 0.0733. The molecule has 1 aromatic carbocycles. The maximum atomic E-state index is 11.2. The normalized spacial score (nSPS) is 10.2. The molecule has 0 atom stereocenters. The Labute approximate surface area is 105 Å². The highest BCUT2D eigenvalue weighted by atomic mass is 35.5. The highest BCUT2D eigenvalue weighted by Gasteiger charge is 2.02. The average Bonchev–Trinajstić information content (AvgIpc) is 2.39. The number of hydrogen-bond acceptors (Lipinski definition) is 2. The van der Waals surface area contributed by atoms with Gasteiger partial charge in [-0.05, 0) is 24.1 Å². The van der Waals surface area contributed by atoms with E-state index in [-0.39, 0.29) is 5.78 Å². The maximum Gasteiger partial charge on any atom is 0.159 e. The van der Waals surface area contributed by atoms with E-state index in [1.807, 2.05) is 30.3 Å². The molecule has 2 aromatic rings. The molecular formula is C14H12ClNO. The molecule has 0 N–H and O–H groups in total. The van der Waals surface area contributed by atoms with Crippen LogP contribution >= 0.6 is 11.6 Å². The van der Waals surface area contributed by atoms with Gasteiger partial charge >= 0.3 is 0 Å². The molecule has 0 saturated heterocycles. The third-order valence-corrected chi connectivity index (χ3v) is 2.88. The van der Waals surface area contributed by atoms with Crippen molar-refractivity contribution in [1.82, 2.24) is 4.98 Å². The summed E-state index contributed by atoms with van der Waals surface area (Å²) in [5.74, 6) is 0.524. The molecule has 1 heterocycles. The van der Waals surface area contributed by atoms with Gasteiger partial charge in [0, 0.05) is 29.4 Å². The zero-order chi connectivity index (χ0) is 12.3. The van der Waals surface area contributed by atoms with E-state index in [0.29, 0.717) is 5.88 Å². The van der Waals surface area contributed by atoms with Gasteiger partial charge in [-0.1, -0.05) is 24.3 Å². The van der Waals surface area contributed by atoms with Crippen LogP contribution in [0.5, 0.6) is 0 Å². The molecule has 0 unspecified atom stereocenters. The molecule has 86 valence electrons. The number of aromatic nitrogens is 1. The maximum absolute atomic E-state index is 11.2. The quantitative estimate of drug-likeness (QED) is 0.610. The Bertz CT molecular complexity index is 534. The Morgan fingerprint density at radius 3 is 2.47 bits per heavy atom. The number of halogens is 1. The van der Waals surface area contributed by atoms with Gasteiger partial charge in [0.2, 0.25) is 0 Å². The van der Waals surface area contributed by atoms with E-state index in [1.54, 1.807) is 19.3 Å². The van der Waals surface area contributed by atoms with Crippen molar-refractivity contribution in [3.05, 3.63) is 53.9 Å². The van der Waals surface area contributed by atoms with Crippen LogP contribution in [0.15, 0.2) is 42.7 Å². The van der Waals surface area contributed by atoms with Gasteiger partial charge in [0.05, 0.1) is 0 Å². The highest BCUT2D eigenvalue weighted by Crippen LogP contribution is 2.20. The topological polar surface area (TPSA) is 30.0 Å². The van der Waals surface area contributed by atoms with Gasteiger partial charge in [0.1, 0.15) is 0 Å². The van der Waals surface area contributed by atoms with Gasteiger partial charge in [0.25, 0.3) is 0 Å². The number of hydrogen-bond donors (Lipinski definition) is 0. The molecule has 0 aliphatic rings. The fourth-order valence-corrected chi connectivity index (χ4v) is 1.76. The summed E-state index contributed by atoms with van der Waals surface area (Å²) in [5, 5.41) is 0. The number of rotatable bonds is 3. The number of nitrogens with zero attached hydrogens (tertiary/aromatic N) is 1. The summed E-state index contributed by atoms with van der Waals surface area (Å²) in [5.41, 5.74) is 3.75. The SMILES string of the molecule is CC(=O)c1ccc(-c2cncc(CCl)c2)cc1. The van der Waals surface area contributed by atoms with E-state index in [4.69, 9.17) is 11.6 Å². The number of carbonyl (C=O) groups is 1. The van der Waals surface area contributed by atoms with E-state index in [9.17, 15) is 4.79 Å². The zero-order valence-electron chi connectivity index (χ0n) is 9.48. The average molecular weight is 246 g/mol. The van der Waals surface area contributed by atoms with E-state index < -0.39 is 0 Å². The Morgan fingerprint density at radius 2 is 1.88 bits per heavy atom.